The normalized spacial score (nSPS) is 51.9. The summed E-state index contributed by atoms with van der Waals surface area (Å²) < 4.78 is 12.5. The van der Waals surface area contributed by atoms with Crippen LogP contribution < -0.4 is 0 Å². The number of aliphatic hydroxyl groups is 8. The van der Waals surface area contributed by atoms with Crippen molar-refractivity contribution in [3.63, 3.8) is 0 Å². The van der Waals surface area contributed by atoms with Crippen molar-refractivity contribution in [1.29, 1.82) is 0 Å². The van der Waals surface area contributed by atoms with Gasteiger partial charge in [-0.15, -0.1) is 0 Å². The molecular weight excluding hydrogens is 592 g/mol. The van der Waals surface area contributed by atoms with E-state index in [1.54, 1.807) is 0 Å². The molecule has 0 aromatic heterocycles. The topological polar surface area (TPSA) is 180 Å². The van der Waals surface area contributed by atoms with Crippen molar-refractivity contribution in [1.82, 2.24) is 0 Å². The van der Waals surface area contributed by atoms with Gasteiger partial charge in [-0.05, 0) is 98.7 Å². The molecular formula is C36H62O10. The lowest BCUT2D eigenvalue weighted by molar-refractivity contribution is -0.336. The molecule has 0 unspecified atom stereocenters. The summed E-state index contributed by atoms with van der Waals surface area (Å²) in [6, 6.07) is 0. The number of hydrogen-bond donors (Lipinski definition) is 8. The molecule has 1 saturated heterocycles. The second-order valence-electron chi connectivity index (χ2n) is 17.3. The highest BCUT2D eigenvalue weighted by Crippen LogP contribution is 2.76. The highest BCUT2D eigenvalue weighted by atomic mass is 16.7. The van der Waals surface area contributed by atoms with E-state index >= 15 is 0 Å². The summed E-state index contributed by atoms with van der Waals surface area (Å²) >= 11 is 0. The van der Waals surface area contributed by atoms with Crippen molar-refractivity contribution in [2.24, 2.45) is 45.3 Å². The Labute approximate surface area is 274 Å². The summed E-state index contributed by atoms with van der Waals surface area (Å²) in [6.07, 6.45) is -1.64. The van der Waals surface area contributed by atoms with Gasteiger partial charge in [-0.1, -0.05) is 46.3 Å². The SMILES string of the molecule is C/C(=C\CC[C@](C)(O[C@@H]1O[C@H](CO)[C@@H](O)[C@H](O)[C@H]1O)[C@H]1CC[C@]2(C)[C@@H]1[C@@H](O)C[C@@H]1[C@@]3(C)[C@H](O)C[C@H](O)C(C)(C)[C@@H]3CC[C@]12C)CO. The molecule has 5 fully saturated rings. The lowest BCUT2D eigenvalue weighted by Crippen LogP contribution is -2.70. The van der Waals surface area contributed by atoms with E-state index in [-0.39, 0.29) is 46.5 Å². The van der Waals surface area contributed by atoms with E-state index in [0.29, 0.717) is 25.7 Å². The Morgan fingerprint density at radius 2 is 1.50 bits per heavy atom. The van der Waals surface area contributed by atoms with Crippen molar-refractivity contribution >= 4 is 0 Å². The van der Waals surface area contributed by atoms with Crippen LogP contribution in [0.3, 0.4) is 0 Å². The molecule has 0 aromatic carbocycles. The lowest BCUT2D eigenvalue weighted by atomic mass is 9.34. The summed E-state index contributed by atoms with van der Waals surface area (Å²) in [4.78, 5) is 0. The van der Waals surface area contributed by atoms with E-state index in [2.05, 4.69) is 34.6 Å². The Morgan fingerprint density at radius 3 is 2.13 bits per heavy atom. The fourth-order valence-electron chi connectivity index (χ4n) is 11.8. The zero-order valence-electron chi connectivity index (χ0n) is 29.0. The van der Waals surface area contributed by atoms with Gasteiger partial charge in [0.05, 0.1) is 37.1 Å². The van der Waals surface area contributed by atoms with Gasteiger partial charge in [-0.25, -0.2) is 0 Å². The van der Waals surface area contributed by atoms with Crippen molar-refractivity contribution in [2.45, 2.75) is 154 Å². The minimum absolute atomic E-state index is 0.0447. The summed E-state index contributed by atoms with van der Waals surface area (Å²) in [5, 5.41) is 86.3. The molecule has 10 nitrogen and oxygen atoms in total. The Balaban J connectivity index is 1.50. The first-order chi connectivity index (χ1) is 21.3. The zero-order valence-corrected chi connectivity index (χ0v) is 29.0. The van der Waals surface area contributed by atoms with E-state index in [4.69, 9.17) is 9.47 Å². The Morgan fingerprint density at radius 1 is 0.848 bits per heavy atom. The van der Waals surface area contributed by atoms with Gasteiger partial charge in [0.1, 0.15) is 24.4 Å². The van der Waals surface area contributed by atoms with Gasteiger partial charge in [0, 0.05) is 11.8 Å². The van der Waals surface area contributed by atoms with Crippen molar-refractivity contribution in [3.05, 3.63) is 11.6 Å². The van der Waals surface area contributed by atoms with Crippen LogP contribution in [-0.4, -0.2) is 109 Å². The molecule has 1 aliphatic heterocycles. The van der Waals surface area contributed by atoms with Gasteiger partial charge < -0.3 is 50.3 Å². The molecule has 266 valence electrons. The van der Waals surface area contributed by atoms with Gasteiger partial charge in [0.2, 0.25) is 0 Å². The molecule has 0 spiro atoms. The quantitative estimate of drug-likeness (QED) is 0.181. The van der Waals surface area contributed by atoms with Crippen LogP contribution in [0.4, 0.5) is 0 Å². The van der Waals surface area contributed by atoms with Crippen LogP contribution in [0.15, 0.2) is 11.6 Å². The molecule has 0 amide bonds. The van der Waals surface area contributed by atoms with E-state index in [1.165, 1.54) is 0 Å². The largest absolute Gasteiger partial charge is 0.394 e. The third-order valence-corrected chi connectivity index (χ3v) is 14.9. The Hall–Kier alpha value is -0.660. The molecule has 0 bridgehead atoms. The molecule has 46 heavy (non-hydrogen) atoms. The maximum atomic E-state index is 12.3. The Bertz CT molecular complexity index is 1130. The average molecular weight is 655 g/mol. The molecule has 0 aromatic rings. The van der Waals surface area contributed by atoms with E-state index in [9.17, 15) is 40.9 Å². The molecule has 10 heteroatoms. The smallest absolute Gasteiger partial charge is 0.187 e. The molecule has 8 N–H and O–H groups in total. The number of aliphatic hydroxyl groups excluding tert-OH is 8. The second-order valence-corrected chi connectivity index (χ2v) is 17.3. The molecule has 4 aliphatic carbocycles. The molecule has 5 aliphatic rings. The predicted octanol–water partition coefficient (Wildman–Crippen LogP) is 2.27. The van der Waals surface area contributed by atoms with Crippen molar-refractivity contribution in [2.75, 3.05) is 13.2 Å². The first-order valence-electron chi connectivity index (χ1n) is 17.6. The fraction of sp³-hybridized carbons (Fsp3) is 0.944. The monoisotopic (exact) mass is 654 g/mol. The molecule has 0 radical (unpaired) electrons. The number of ether oxygens (including phenoxy) is 2. The number of rotatable bonds is 8. The average Bonchev–Trinajstić information content (AvgIpc) is 3.38. The third kappa shape index (κ3) is 5.37. The summed E-state index contributed by atoms with van der Waals surface area (Å²) in [7, 11) is 0. The molecule has 5 rings (SSSR count). The highest BCUT2D eigenvalue weighted by molar-refractivity contribution is 5.21. The van der Waals surface area contributed by atoms with Crippen molar-refractivity contribution in [3.8, 4) is 0 Å². The van der Waals surface area contributed by atoms with Crippen LogP contribution in [0, 0.1) is 45.3 Å². The summed E-state index contributed by atoms with van der Waals surface area (Å²) in [6.45, 7) is 14.3. The van der Waals surface area contributed by atoms with E-state index in [1.807, 2.05) is 19.9 Å². The van der Waals surface area contributed by atoms with E-state index < -0.39 is 66.6 Å². The zero-order chi connectivity index (χ0) is 34.2. The minimum atomic E-state index is -1.56. The van der Waals surface area contributed by atoms with E-state index in [0.717, 1.165) is 31.3 Å². The fourth-order valence-corrected chi connectivity index (χ4v) is 11.8. The highest BCUT2D eigenvalue weighted by Gasteiger charge is 2.73. The summed E-state index contributed by atoms with van der Waals surface area (Å²) in [5.74, 6) is -0.155. The van der Waals surface area contributed by atoms with Gasteiger partial charge in [0.25, 0.3) is 0 Å². The number of hydrogen-bond acceptors (Lipinski definition) is 10. The first kappa shape index (κ1) is 36.6. The van der Waals surface area contributed by atoms with Crippen LogP contribution in [0.1, 0.15) is 99.8 Å². The molecule has 1 heterocycles. The molecule has 16 atom stereocenters. The van der Waals surface area contributed by atoms with Gasteiger partial charge in [0.15, 0.2) is 6.29 Å². The van der Waals surface area contributed by atoms with Crippen LogP contribution in [0.5, 0.6) is 0 Å². The second kappa shape index (κ2) is 12.6. The number of allylic oxidation sites excluding steroid dienone is 1. The standard InChI is InChI=1S/C36H62O10/c1-19(17-37)9-8-12-35(6,46-31-30(44)29(43)28(42)22(18-38)45-31)20-10-13-34(5)27(20)21(39)15-24-33(34,4)14-11-23-32(2,3)25(40)16-26(41)36(23,24)7/h9,20-31,37-44H,8,10-18H2,1-7H3/b19-9+/t20-,21-,22+,23-,24-,25-,26+,27-,28+,29-,30+,31-,33+,34+,35-,36-/m0/s1. The maximum absolute atomic E-state index is 12.3. The minimum Gasteiger partial charge on any atom is -0.394 e. The number of fused-ring (bicyclic) bond motifs is 5. The third-order valence-electron chi connectivity index (χ3n) is 14.9. The molecule has 4 saturated carbocycles. The van der Waals surface area contributed by atoms with Crippen LogP contribution in [0.25, 0.3) is 0 Å². The van der Waals surface area contributed by atoms with Gasteiger partial charge in [-0.3, -0.25) is 0 Å². The predicted molar refractivity (Wildman–Crippen MR) is 171 cm³/mol. The first-order valence-corrected chi connectivity index (χ1v) is 17.6. The van der Waals surface area contributed by atoms with Gasteiger partial charge >= 0.3 is 0 Å². The van der Waals surface area contributed by atoms with Crippen LogP contribution in [-0.2, 0) is 9.47 Å². The maximum Gasteiger partial charge on any atom is 0.187 e. The summed E-state index contributed by atoms with van der Waals surface area (Å²) in [5.41, 5.74) is -1.44. The van der Waals surface area contributed by atoms with Crippen LogP contribution in [0.2, 0.25) is 0 Å². The lowest BCUT2D eigenvalue weighted by Gasteiger charge is -2.71. The van der Waals surface area contributed by atoms with Crippen molar-refractivity contribution < 1.29 is 50.3 Å². The Kier molecular flexibility index (Phi) is 10.0. The van der Waals surface area contributed by atoms with Crippen LogP contribution >= 0.6 is 0 Å². The van der Waals surface area contributed by atoms with Gasteiger partial charge in [-0.2, -0.15) is 0 Å².